The second kappa shape index (κ2) is 3.65. The summed E-state index contributed by atoms with van der Waals surface area (Å²) in [5.74, 6) is -0.753. The van der Waals surface area contributed by atoms with Gasteiger partial charge in [-0.15, -0.1) is 0 Å². The minimum atomic E-state index is -0.799. The van der Waals surface area contributed by atoms with Gasteiger partial charge in [0, 0.05) is 16.0 Å². The summed E-state index contributed by atoms with van der Waals surface area (Å²) >= 11 is 0. The second-order valence-corrected chi connectivity index (χ2v) is 2.06. The molecule has 13 heavy (non-hydrogen) atoms. The molecular formula is C6H7N3O4. The molecule has 0 radical (unpaired) electrons. The first-order valence-electron chi connectivity index (χ1n) is 3.52. The van der Waals surface area contributed by atoms with Crippen LogP contribution in [0.3, 0.4) is 0 Å². The van der Waals surface area contributed by atoms with Gasteiger partial charge in [0.15, 0.2) is 6.20 Å². The van der Waals surface area contributed by atoms with Crippen molar-refractivity contribution in [3.05, 3.63) is 28.1 Å². The number of hydrogen-bond donors (Lipinski definition) is 0. The highest BCUT2D eigenvalue weighted by molar-refractivity contribution is 5.87. The summed E-state index contributed by atoms with van der Waals surface area (Å²) in [5, 5.41) is 12.8. The van der Waals surface area contributed by atoms with Gasteiger partial charge in [-0.05, 0) is 6.92 Å². The number of nitrogens with zero attached hydrogens (tertiary/aromatic N) is 3. The van der Waals surface area contributed by atoms with Crippen LogP contribution in [0.4, 0.5) is 0 Å². The van der Waals surface area contributed by atoms with Gasteiger partial charge in [0.05, 0.1) is 11.6 Å². The molecule has 1 aromatic heterocycles. The molecule has 0 unspecified atom stereocenters. The predicted molar refractivity (Wildman–Crippen MR) is 40.6 cm³/mol. The Balaban J connectivity index is 2.93. The molecule has 1 aromatic rings. The number of ether oxygens (including phenoxy) is 1. The standard InChI is InChI=1S/C6H7N3O4/c1-2-13-6(10)5-3-4-7-8(5)9(11)12/h3-4H,2H2,1H3. The topological polar surface area (TPSA) is 87.3 Å². The Morgan fingerprint density at radius 1 is 1.85 bits per heavy atom. The largest absolute Gasteiger partial charge is 0.461 e. The van der Waals surface area contributed by atoms with Crippen molar-refractivity contribution in [3.8, 4) is 0 Å². The van der Waals surface area contributed by atoms with Crippen LogP contribution >= 0.6 is 0 Å². The number of nitro groups is 1. The Hall–Kier alpha value is -1.92. The smallest absolute Gasteiger partial charge is 0.363 e. The van der Waals surface area contributed by atoms with E-state index in [9.17, 15) is 14.9 Å². The highest BCUT2D eigenvalue weighted by atomic mass is 16.7. The molecule has 0 aliphatic rings. The molecule has 0 aromatic carbocycles. The maximum absolute atomic E-state index is 11.0. The van der Waals surface area contributed by atoms with Crippen LogP contribution < -0.4 is 0 Å². The van der Waals surface area contributed by atoms with Crippen molar-refractivity contribution in [2.75, 3.05) is 6.61 Å². The van der Waals surface area contributed by atoms with E-state index in [1.54, 1.807) is 6.92 Å². The molecule has 7 heteroatoms. The Morgan fingerprint density at radius 3 is 3.08 bits per heavy atom. The number of aromatic nitrogens is 2. The third-order valence-electron chi connectivity index (χ3n) is 1.26. The van der Waals surface area contributed by atoms with E-state index in [0.717, 1.165) is 6.20 Å². The van der Waals surface area contributed by atoms with Gasteiger partial charge < -0.3 is 14.9 Å². The van der Waals surface area contributed by atoms with Crippen molar-refractivity contribution >= 4 is 5.97 Å². The first-order valence-corrected chi connectivity index (χ1v) is 3.52. The molecule has 0 bridgehead atoms. The van der Waals surface area contributed by atoms with Crippen molar-refractivity contribution in [2.24, 2.45) is 0 Å². The summed E-state index contributed by atoms with van der Waals surface area (Å²) in [5.41, 5.74) is -0.188. The maximum atomic E-state index is 11.0. The third kappa shape index (κ3) is 1.81. The normalized spacial score (nSPS) is 9.62. The highest BCUT2D eigenvalue weighted by Gasteiger charge is 2.19. The fourth-order valence-corrected chi connectivity index (χ4v) is 0.781. The van der Waals surface area contributed by atoms with Crippen LogP contribution in [0, 0.1) is 10.1 Å². The van der Waals surface area contributed by atoms with Crippen molar-refractivity contribution < 1.29 is 14.6 Å². The molecule has 0 atom stereocenters. The van der Waals surface area contributed by atoms with Crippen molar-refractivity contribution in [1.82, 2.24) is 9.89 Å². The minimum Gasteiger partial charge on any atom is -0.461 e. The van der Waals surface area contributed by atoms with Crippen LogP contribution in [0.2, 0.25) is 0 Å². The van der Waals surface area contributed by atoms with E-state index in [2.05, 4.69) is 9.84 Å². The van der Waals surface area contributed by atoms with Crippen LogP contribution in [0.1, 0.15) is 17.4 Å². The lowest BCUT2D eigenvalue weighted by Crippen LogP contribution is -2.18. The first kappa shape index (κ1) is 9.17. The number of hydrogen-bond acceptors (Lipinski definition) is 5. The molecule has 1 rings (SSSR count). The lowest BCUT2D eigenvalue weighted by Gasteiger charge is -1.99. The van der Waals surface area contributed by atoms with Crippen molar-refractivity contribution in [1.29, 1.82) is 0 Å². The van der Waals surface area contributed by atoms with Gasteiger partial charge in [-0.1, -0.05) is 0 Å². The second-order valence-electron chi connectivity index (χ2n) is 2.06. The Kier molecular flexibility index (Phi) is 2.58. The zero-order valence-electron chi connectivity index (χ0n) is 6.84. The Morgan fingerprint density at radius 2 is 2.54 bits per heavy atom. The predicted octanol–water partition coefficient (Wildman–Crippen LogP) is 0.0996. The summed E-state index contributed by atoms with van der Waals surface area (Å²) in [6, 6.07) is 1.22. The molecule has 0 aliphatic carbocycles. The van der Waals surface area contributed by atoms with E-state index in [1.807, 2.05) is 0 Å². The van der Waals surface area contributed by atoms with Crippen molar-refractivity contribution in [3.63, 3.8) is 0 Å². The summed E-state index contributed by atoms with van der Waals surface area (Å²) in [6.45, 7) is 1.78. The number of esters is 1. The molecule has 7 nitrogen and oxygen atoms in total. The van der Waals surface area contributed by atoms with Crippen LogP contribution in [0.25, 0.3) is 0 Å². The van der Waals surface area contributed by atoms with Gasteiger partial charge in [0.1, 0.15) is 0 Å². The molecule has 70 valence electrons. The monoisotopic (exact) mass is 185 g/mol. The molecule has 0 fully saturated rings. The van der Waals surface area contributed by atoms with Gasteiger partial charge in [-0.3, -0.25) is 0 Å². The third-order valence-corrected chi connectivity index (χ3v) is 1.26. The molecule has 0 spiro atoms. The van der Waals surface area contributed by atoms with E-state index in [-0.39, 0.29) is 12.3 Å². The molecule has 0 saturated heterocycles. The molecule has 0 aliphatic heterocycles. The van der Waals surface area contributed by atoms with Crippen molar-refractivity contribution in [2.45, 2.75) is 6.92 Å². The van der Waals surface area contributed by atoms with E-state index >= 15 is 0 Å². The SMILES string of the molecule is CCOC(=O)c1ccnn1[N+](=O)[O-]. The van der Waals surface area contributed by atoms with E-state index in [4.69, 9.17) is 0 Å². The van der Waals surface area contributed by atoms with Gasteiger partial charge in [-0.25, -0.2) is 4.79 Å². The summed E-state index contributed by atoms with van der Waals surface area (Å²) in [7, 11) is 0. The first-order chi connectivity index (χ1) is 6.16. The van der Waals surface area contributed by atoms with Gasteiger partial charge in [0.2, 0.25) is 5.69 Å². The van der Waals surface area contributed by atoms with E-state index < -0.39 is 11.0 Å². The Labute approximate surface area is 73.0 Å². The molecule has 0 saturated carbocycles. The lowest BCUT2D eigenvalue weighted by molar-refractivity contribution is -0.553. The Bertz CT molecular complexity index is 332. The lowest BCUT2D eigenvalue weighted by atomic mass is 10.4. The zero-order valence-corrected chi connectivity index (χ0v) is 6.84. The van der Waals surface area contributed by atoms with E-state index in [1.165, 1.54) is 6.07 Å². The van der Waals surface area contributed by atoms with Gasteiger partial charge in [-0.2, -0.15) is 0 Å². The van der Waals surface area contributed by atoms with Gasteiger partial charge in [0.25, 0.3) is 0 Å². The molecule has 0 amide bonds. The molecular weight excluding hydrogens is 178 g/mol. The van der Waals surface area contributed by atoms with E-state index in [0.29, 0.717) is 4.79 Å². The maximum Gasteiger partial charge on any atom is 0.363 e. The van der Waals surface area contributed by atoms with Gasteiger partial charge >= 0.3 is 5.97 Å². The molecule has 0 N–H and O–H groups in total. The highest BCUT2D eigenvalue weighted by Crippen LogP contribution is 2.00. The quantitative estimate of drug-likeness (QED) is 0.378. The summed E-state index contributed by atoms with van der Waals surface area (Å²) < 4.78 is 4.57. The molecule has 1 heterocycles. The number of carbonyl (C=O) groups excluding carboxylic acids is 1. The van der Waals surface area contributed by atoms with Crippen LogP contribution in [-0.4, -0.2) is 27.5 Å². The van der Waals surface area contributed by atoms with Crippen LogP contribution in [-0.2, 0) is 4.74 Å². The van der Waals surface area contributed by atoms with Crippen LogP contribution in [0.5, 0.6) is 0 Å². The number of rotatable bonds is 3. The summed E-state index contributed by atoms with van der Waals surface area (Å²) in [6.07, 6.45) is 1.16. The summed E-state index contributed by atoms with van der Waals surface area (Å²) in [4.78, 5) is 21.7. The number of carbonyl (C=O) groups is 1. The minimum absolute atomic E-state index is 0.168. The fraction of sp³-hybridized carbons (Fsp3) is 0.333. The van der Waals surface area contributed by atoms with Crippen LogP contribution in [0.15, 0.2) is 12.3 Å². The fourth-order valence-electron chi connectivity index (χ4n) is 0.781. The zero-order chi connectivity index (χ0) is 9.84. The average Bonchev–Trinajstić information content (AvgIpc) is 2.52. The average molecular weight is 185 g/mol.